The number of amides is 2. The second-order valence-corrected chi connectivity index (χ2v) is 16.5. The van der Waals surface area contributed by atoms with E-state index in [0.29, 0.717) is 50.3 Å². The van der Waals surface area contributed by atoms with Gasteiger partial charge >= 0.3 is 6.18 Å². The van der Waals surface area contributed by atoms with Crippen LogP contribution in [-0.2, 0) is 49.9 Å². The van der Waals surface area contributed by atoms with E-state index in [1.165, 1.54) is 18.1 Å². The maximum atomic E-state index is 14.0. The molecule has 2 atom stereocenters. The van der Waals surface area contributed by atoms with Gasteiger partial charge in [-0.05, 0) is 97.3 Å². The third-order valence-electron chi connectivity index (χ3n) is 10.7. The molecule has 2 unspecified atom stereocenters. The van der Waals surface area contributed by atoms with Crippen molar-refractivity contribution in [3.05, 3.63) is 71.5 Å². The summed E-state index contributed by atoms with van der Waals surface area (Å²) in [6.07, 6.45) is 1.17. The van der Waals surface area contributed by atoms with E-state index in [1.807, 2.05) is 44.3 Å². The topological polar surface area (TPSA) is 138 Å². The molecule has 1 aliphatic rings. The number of ether oxygens (including phenoxy) is 2. The quantitative estimate of drug-likeness (QED) is 0.0942. The fourth-order valence-corrected chi connectivity index (χ4v) is 8.23. The van der Waals surface area contributed by atoms with Crippen LogP contribution in [0.2, 0.25) is 0 Å². The van der Waals surface area contributed by atoms with Crippen molar-refractivity contribution in [2.24, 2.45) is 11.3 Å². The summed E-state index contributed by atoms with van der Waals surface area (Å²) in [5.41, 5.74) is 9.44. The van der Waals surface area contributed by atoms with Gasteiger partial charge in [0.1, 0.15) is 11.8 Å². The molecule has 0 spiro atoms. The van der Waals surface area contributed by atoms with Crippen LogP contribution in [0.5, 0.6) is 5.75 Å². The van der Waals surface area contributed by atoms with Crippen LogP contribution in [0.1, 0.15) is 64.2 Å². The van der Waals surface area contributed by atoms with Crippen molar-refractivity contribution in [1.82, 2.24) is 30.2 Å². The number of hydrogen-bond donors (Lipinski definition) is 3. The van der Waals surface area contributed by atoms with E-state index in [9.17, 15) is 32.7 Å². The van der Waals surface area contributed by atoms with Gasteiger partial charge in [-0.25, -0.2) is 5.43 Å². The van der Waals surface area contributed by atoms with Crippen LogP contribution in [0.15, 0.2) is 54.9 Å². The van der Waals surface area contributed by atoms with E-state index in [2.05, 4.69) is 33.3 Å². The monoisotopic (exact) mass is 822 g/mol. The standard InChI is InChI=1S/C44H57F3N6O6/c1-8-52-38-12-11-30(21-34(38)35(22-43(4,5)26-59-27-54)40(52)36-23-48-15-13-31(36)24-58-7)32-17-29(18-33(55)20-32)19-37(42(57)53-16-10-9-14-49-53)50-41(56)39(28(2)3)51(6)25-44(45,46)47/h11-13,15,17-18,20-21,23,27-28,37,39,49,55H,8-10,14,16,19,22,24-26H2,1-7H3,(H,50,56). The van der Waals surface area contributed by atoms with Gasteiger partial charge in [0.2, 0.25) is 5.91 Å². The summed E-state index contributed by atoms with van der Waals surface area (Å²) in [7, 11) is 2.89. The molecule has 12 nitrogen and oxygen atoms in total. The molecule has 0 bridgehead atoms. The number of rotatable bonds is 18. The van der Waals surface area contributed by atoms with Crippen molar-refractivity contribution in [2.45, 2.75) is 91.7 Å². The molecule has 3 N–H and O–H groups in total. The molecule has 320 valence electrons. The fourth-order valence-electron chi connectivity index (χ4n) is 8.23. The maximum Gasteiger partial charge on any atom is 0.401 e. The summed E-state index contributed by atoms with van der Waals surface area (Å²) in [4.78, 5) is 44.5. The molecule has 2 amide bonds. The van der Waals surface area contributed by atoms with Gasteiger partial charge in [0.25, 0.3) is 12.4 Å². The largest absolute Gasteiger partial charge is 0.508 e. The summed E-state index contributed by atoms with van der Waals surface area (Å²) >= 11 is 0. The number of benzene rings is 2. The summed E-state index contributed by atoms with van der Waals surface area (Å²) in [5, 5.41) is 16.3. The van der Waals surface area contributed by atoms with Crippen molar-refractivity contribution in [3.8, 4) is 28.1 Å². The van der Waals surface area contributed by atoms with E-state index in [-0.39, 0.29) is 18.8 Å². The zero-order chi connectivity index (χ0) is 43.1. The minimum atomic E-state index is -4.52. The molecule has 0 aliphatic carbocycles. The molecule has 3 heterocycles. The number of fused-ring (bicyclic) bond motifs is 1. The highest BCUT2D eigenvalue weighted by Crippen LogP contribution is 2.41. The number of hydrogen-bond acceptors (Lipinski definition) is 9. The molecule has 0 radical (unpaired) electrons. The van der Waals surface area contributed by atoms with Crippen LogP contribution in [0.4, 0.5) is 13.2 Å². The number of aromatic nitrogens is 2. The number of aryl methyl sites for hydroxylation is 1. The number of carbonyl (C=O) groups is 3. The van der Waals surface area contributed by atoms with E-state index in [0.717, 1.165) is 56.6 Å². The molecule has 0 saturated carbocycles. The number of carbonyl (C=O) groups excluding carboxylic acids is 3. The van der Waals surface area contributed by atoms with Crippen molar-refractivity contribution in [1.29, 1.82) is 0 Å². The maximum absolute atomic E-state index is 14.0. The van der Waals surface area contributed by atoms with Gasteiger partial charge in [-0.15, -0.1) is 0 Å². The van der Waals surface area contributed by atoms with Crippen LogP contribution < -0.4 is 10.7 Å². The number of nitrogens with one attached hydrogen (secondary N) is 2. The number of pyridine rings is 1. The molecule has 15 heteroatoms. The van der Waals surface area contributed by atoms with Crippen molar-refractivity contribution < 1.29 is 42.1 Å². The first-order valence-corrected chi connectivity index (χ1v) is 20.0. The van der Waals surface area contributed by atoms with Crippen molar-refractivity contribution in [3.63, 3.8) is 0 Å². The van der Waals surface area contributed by atoms with Gasteiger partial charge in [0.15, 0.2) is 0 Å². The molecule has 5 rings (SSSR count). The lowest BCUT2D eigenvalue weighted by Crippen LogP contribution is -2.59. The molecular formula is C44H57F3N6O6. The number of phenols is 1. The normalized spacial score (nSPS) is 14.8. The number of aromatic hydroxyl groups is 1. The van der Waals surface area contributed by atoms with E-state index in [1.54, 1.807) is 33.2 Å². The number of nitrogens with zero attached hydrogens (tertiary/aromatic N) is 4. The lowest BCUT2D eigenvalue weighted by atomic mass is 9.84. The Kier molecular flexibility index (Phi) is 14.8. The highest BCUT2D eigenvalue weighted by molar-refractivity contribution is 5.95. The Hall–Kier alpha value is -4.99. The highest BCUT2D eigenvalue weighted by atomic mass is 19.4. The Balaban J connectivity index is 1.59. The van der Waals surface area contributed by atoms with Crippen LogP contribution in [0.25, 0.3) is 33.3 Å². The predicted molar refractivity (Wildman–Crippen MR) is 220 cm³/mol. The average molecular weight is 823 g/mol. The number of methoxy groups -OCH3 is 1. The van der Waals surface area contributed by atoms with Crippen molar-refractivity contribution >= 4 is 29.2 Å². The van der Waals surface area contributed by atoms with Gasteiger partial charge in [-0.3, -0.25) is 29.3 Å². The highest BCUT2D eigenvalue weighted by Gasteiger charge is 2.38. The SMILES string of the molecule is CCn1c(-c2cnccc2COC)c(CC(C)(C)COC=O)c2cc(-c3cc(O)cc(CC(NC(=O)C(C(C)C)N(C)CC(F)(F)F)C(=O)N4CCCCN4)c3)ccc21. The average Bonchev–Trinajstić information content (AvgIpc) is 3.47. The molecule has 1 aliphatic heterocycles. The van der Waals surface area contributed by atoms with Crippen molar-refractivity contribution in [2.75, 3.05) is 40.4 Å². The predicted octanol–water partition coefficient (Wildman–Crippen LogP) is 6.66. The number of alkyl halides is 3. The summed E-state index contributed by atoms with van der Waals surface area (Å²) in [6.45, 7) is 10.8. The van der Waals surface area contributed by atoms with Gasteiger partial charge in [0.05, 0.1) is 31.5 Å². The number of phenolic OH excluding ortho intramolecular Hbond substituents is 1. The first-order chi connectivity index (χ1) is 28.0. The Morgan fingerprint density at radius 2 is 1.86 bits per heavy atom. The Morgan fingerprint density at radius 1 is 1.10 bits per heavy atom. The number of likely N-dealkylation sites (N-methyl/N-ethyl adjacent to an activating group) is 1. The Morgan fingerprint density at radius 3 is 2.51 bits per heavy atom. The molecule has 1 fully saturated rings. The molecule has 2 aromatic heterocycles. The van der Waals surface area contributed by atoms with E-state index < -0.39 is 48.0 Å². The summed E-state index contributed by atoms with van der Waals surface area (Å²) in [6, 6.07) is 10.7. The van der Waals surface area contributed by atoms with E-state index >= 15 is 0 Å². The second-order valence-electron chi connectivity index (χ2n) is 16.5. The van der Waals surface area contributed by atoms with E-state index in [4.69, 9.17) is 9.47 Å². The minimum absolute atomic E-state index is 0.0317. The van der Waals surface area contributed by atoms with Crippen LogP contribution in [0, 0.1) is 11.3 Å². The smallest absolute Gasteiger partial charge is 0.401 e. The molecule has 2 aromatic carbocycles. The Labute approximate surface area is 344 Å². The lowest BCUT2D eigenvalue weighted by molar-refractivity contribution is -0.155. The lowest BCUT2D eigenvalue weighted by Gasteiger charge is -2.34. The molecule has 59 heavy (non-hydrogen) atoms. The third kappa shape index (κ3) is 11.2. The number of halogens is 3. The van der Waals surface area contributed by atoms with Crippen LogP contribution in [-0.4, -0.2) is 102 Å². The zero-order valence-electron chi connectivity index (χ0n) is 35.0. The first kappa shape index (κ1) is 45.1. The molecule has 4 aromatic rings. The van der Waals surface area contributed by atoms with Gasteiger partial charge in [-0.2, -0.15) is 13.2 Å². The van der Waals surface area contributed by atoms with Gasteiger partial charge in [0, 0.05) is 67.4 Å². The number of hydrazine groups is 1. The summed E-state index contributed by atoms with van der Waals surface area (Å²) < 4.78 is 53.3. The molecule has 1 saturated heterocycles. The first-order valence-electron chi connectivity index (χ1n) is 20.0. The van der Waals surface area contributed by atoms with Crippen LogP contribution in [0.3, 0.4) is 0 Å². The third-order valence-corrected chi connectivity index (χ3v) is 10.7. The fraction of sp³-hybridized carbons (Fsp3) is 0.500. The second kappa shape index (κ2) is 19.4. The van der Waals surface area contributed by atoms with Crippen LogP contribution >= 0.6 is 0 Å². The molecular weight excluding hydrogens is 766 g/mol. The summed E-state index contributed by atoms with van der Waals surface area (Å²) in [5.74, 6) is -1.67. The van der Waals surface area contributed by atoms with Gasteiger partial charge < -0.3 is 24.5 Å². The Bertz CT molecular complexity index is 2090. The zero-order valence-corrected chi connectivity index (χ0v) is 35.0. The minimum Gasteiger partial charge on any atom is -0.508 e. The van der Waals surface area contributed by atoms with Gasteiger partial charge in [-0.1, -0.05) is 39.8 Å².